The molecule has 0 fully saturated rings. The Morgan fingerprint density at radius 1 is 1.00 bits per heavy atom. The molecule has 0 aliphatic rings. The smallest absolute Gasteiger partial charge is 0.166 e. The van der Waals surface area contributed by atoms with Crippen molar-refractivity contribution in [2.45, 2.75) is 6.42 Å². The maximum absolute atomic E-state index is 5.65. The molecule has 0 spiro atoms. The zero-order chi connectivity index (χ0) is 13.2. The van der Waals surface area contributed by atoms with Crippen LogP contribution in [-0.2, 0) is 6.42 Å². The van der Waals surface area contributed by atoms with Gasteiger partial charge in [-0.1, -0.05) is 6.07 Å². The summed E-state index contributed by atoms with van der Waals surface area (Å²) in [4.78, 5) is 16.4. The van der Waals surface area contributed by atoms with Gasteiger partial charge in [0.2, 0.25) is 0 Å². The van der Waals surface area contributed by atoms with E-state index in [4.69, 9.17) is 11.5 Å². The fourth-order valence-corrected chi connectivity index (χ4v) is 1.89. The van der Waals surface area contributed by atoms with Crippen molar-refractivity contribution in [3.05, 3.63) is 48.2 Å². The van der Waals surface area contributed by atoms with E-state index in [2.05, 4.69) is 19.9 Å². The summed E-state index contributed by atoms with van der Waals surface area (Å²) in [5.41, 5.74) is 14.0. The van der Waals surface area contributed by atoms with Gasteiger partial charge < -0.3 is 11.5 Å². The molecular weight excluding hydrogens is 240 g/mol. The first-order valence-corrected chi connectivity index (χ1v) is 5.78. The Balaban J connectivity index is 1.94. The van der Waals surface area contributed by atoms with Crippen LogP contribution in [0, 0.1) is 0 Å². The van der Waals surface area contributed by atoms with Gasteiger partial charge in [-0.05, 0) is 17.7 Å². The molecule has 4 N–H and O–H groups in total. The van der Waals surface area contributed by atoms with Gasteiger partial charge in [0, 0.05) is 18.0 Å². The second kappa shape index (κ2) is 4.49. The van der Waals surface area contributed by atoms with Gasteiger partial charge in [-0.15, -0.1) is 0 Å². The number of rotatable bonds is 2. The Morgan fingerprint density at radius 2 is 1.89 bits per heavy atom. The van der Waals surface area contributed by atoms with Crippen LogP contribution in [-0.4, -0.2) is 19.9 Å². The van der Waals surface area contributed by atoms with Crippen LogP contribution in [0.2, 0.25) is 0 Å². The van der Waals surface area contributed by atoms with E-state index < -0.39 is 0 Å². The Hall–Kier alpha value is -2.76. The monoisotopic (exact) mass is 252 g/mol. The number of nitrogens with zero attached hydrogens (tertiary/aromatic N) is 4. The maximum atomic E-state index is 5.65. The molecule has 0 atom stereocenters. The molecule has 3 rings (SSSR count). The number of hydrogen-bond acceptors (Lipinski definition) is 6. The van der Waals surface area contributed by atoms with Gasteiger partial charge in [0.25, 0.3) is 0 Å². The van der Waals surface area contributed by atoms with E-state index in [-0.39, 0.29) is 11.6 Å². The molecule has 6 heteroatoms. The number of nitrogens with two attached hydrogens (primary N) is 2. The van der Waals surface area contributed by atoms with Gasteiger partial charge in [-0.3, -0.25) is 0 Å². The van der Waals surface area contributed by atoms with E-state index in [9.17, 15) is 0 Å². The van der Waals surface area contributed by atoms with Gasteiger partial charge in [-0.2, -0.15) is 0 Å². The Kier molecular flexibility index (Phi) is 2.68. The number of nitrogen functional groups attached to an aromatic ring is 2. The molecule has 1 aromatic carbocycles. The van der Waals surface area contributed by atoms with Crippen molar-refractivity contribution in [1.82, 2.24) is 19.9 Å². The normalized spacial score (nSPS) is 10.7. The lowest BCUT2D eigenvalue weighted by Crippen LogP contribution is -2.04. The predicted octanol–water partition coefficient (Wildman–Crippen LogP) is 1.18. The third-order valence-corrected chi connectivity index (χ3v) is 2.83. The highest BCUT2D eigenvalue weighted by Crippen LogP contribution is 2.16. The van der Waals surface area contributed by atoms with Gasteiger partial charge >= 0.3 is 0 Å². The lowest BCUT2D eigenvalue weighted by atomic mass is 10.1. The number of anilines is 2. The zero-order valence-corrected chi connectivity index (χ0v) is 10.1. The first-order valence-electron chi connectivity index (χ1n) is 5.78. The average Bonchev–Trinajstić information content (AvgIpc) is 2.43. The van der Waals surface area contributed by atoms with Crippen molar-refractivity contribution in [2.24, 2.45) is 0 Å². The van der Waals surface area contributed by atoms with E-state index in [1.165, 1.54) is 6.33 Å². The predicted molar refractivity (Wildman–Crippen MR) is 73.2 cm³/mol. The second-order valence-corrected chi connectivity index (χ2v) is 4.22. The van der Waals surface area contributed by atoms with Crippen LogP contribution >= 0.6 is 0 Å². The zero-order valence-electron chi connectivity index (χ0n) is 10.1. The van der Waals surface area contributed by atoms with E-state index in [0.29, 0.717) is 6.42 Å². The van der Waals surface area contributed by atoms with Crippen LogP contribution in [0.4, 0.5) is 11.6 Å². The van der Waals surface area contributed by atoms with Crippen LogP contribution in [0.15, 0.2) is 36.9 Å². The highest BCUT2D eigenvalue weighted by Gasteiger charge is 2.03. The van der Waals surface area contributed by atoms with E-state index in [1.54, 1.807) is 12.4 Å². The molecule has 2 heterocycles. The van der Waals surface area contributed by atoms with Crippen LogP contribution in [0.5, 0.6) is 0 Å². The van der Waals surface area contributed by atoms with E-state index in [1.807, 2.05) is 18.2 Å². The van der Waals surface area contributed by atoms with Gasteiger partial charge in [0.05, 0.1) is 17.4 Å². The SMILES string of the molecule is Nc1ncc(Cc2ccc3ncncc3c2)nc1N. The van der Waals surface area contributed by atoms with Crippen molar-refractivity contribution in [3.63, 3.8) is 0 Å². The van der Waals surface area contributed by atoms with Crippen LogP contribution < -0.4 is 11.5 Å². The molecule has 94 valence electrons. The van der Waals surface area contributed by atoms with E-state index in [0.717, 1.165) is 22.2 Å². The summed E-state index contributed by atoms with van der Waals surface area (Å²) in [6.07, 6.45) is 5.60. The van der Waals surface area contributed by atoms with Gasteiger partial charge in [0.15, 0.2) is 11.6 Å². The maximum Gasteiger partial charge on any atom is 0.166 e. The standard InChI is InChI=1S/C13H12N6/c14-12-13(15)19-10(6-17-12)4-8-1-2-11-9(3-8)5-16-7-18-11/h1-3,5-7H,4H2,(H2,14,17)(H2,15,19). The van der Waals surface area contributed by atoms with Crippen molar-refractivity contribution in [2.75, 3.05) is 11.5 Å². The summed E-state index contributed by atoms with van der Waals surface area (Å²) >= 11 is 0. The van der Waals surface area contributed by atoms with Crippen molar-refractivity contribution >= 4 is 22.5 Å². The summed E-state index contributed by atoms with van der Waals surface area (Å²) in [6.45, 7) is 0. The summed E-state index contributed by atoms with van der Waals surface area (Å²) in [6, 6.07) is 5.99. The van der Waals surface area contributed by atoms with Gasteiger partial charge in [0.1, 0.15) is 6.33 Å². The lowest BCUT2D eigenvalue weighted by molar-refractivity contribution is 1.04. The number of aromatic nitrogens is 4. The molecule has 0 amide bonds. The fourth-order valence-electron chi connectivity index (χ4n) is 1.89. The molecule has 0 aliphatic heterocycles. The fraction of sp³-hybridized carbons (Fsp3) is 0.0769. The summed E-state index contributed by atoms with van der Waals surface area (Å²) in [5.74, 6) is 0.525. The highest BCUT2D eigenvalue weighted by molar-refractivity contribution is 5.78. The van der Waals surface area contributed by atoms with E-state index >= 15 is 0 Å². The van der Waals surface area contributed by atoms with Crippen LogP contribution in [0.1, 0.15) is 11.3 Å². The summed E-state index contributed by atoms with van der Waals surface area (Å²) in [7, 11) is 0. The minimum Gasteiger partial charge on any atom is -0.381 e. The van der Waals surface area contributed by atoms with Crippen molar-refractivity contribution < 1.29 is 0 Å². The molecule has 0 aliphatic carbocycles. The molecule has 3 aromatic rings. The van der Waals surface area contributed by atoms with Crippen molar-refractivity contribution in [3.8, 4) is 0 Å². The number of benzene rings is 1. The highest BCUT2D eigenvalue weighted by atomic mass is 15.0. The molecule has 0 radical (unpaired) electrons. The topological polar surface area (TPSA) is 104 Å². The molecule has 6 nitrogen and oxygen atoms in total. The average molecular weight is 252 g/mol. The van der Waals surface area contributed by atoms with Gasteiger partial charge in [-0.25, -0.2) is 19.9 Å². The molecule has 2 aromatic heterocycles. The third-order valence-electron chi connectivity index (χ3n) is 2.83. The molecular formula is C13H12N6. The Morgan fingerprint density at radius 3 is 2.74 bits per heavy atom. The Bertz CT molecular complexity index is 740. The van der Waals surface area contributed by atoms with Crippen LogP contribution in [0.25, 0.3) is 10.9 Å². The largest absolute Gasteiger partial charge is 0.381 e. The molecule has 0 unspecified atom stereocenters. The Labute approximate surface area is 109 Å². The molecule has 0 bridgehead atoms. The quantitative estimate of drug-likeness (QED) is 0.709. The lowest BCUT2D eigenvalue weighted by Gasteiger charge is -2.04. The number of hydrogen-bond donors (Lipinski definition) is 2. The minimum atomic E-state index is 0.260. The van der Waals surface area contributed by atoms with Crippen molar-refractivity contribution in [1.29, 1.82) is 0 Å². The summed E-state index contributed by atoms with van der Waals surface area (Å²) < 4.78 is 0. The molecule has 0 saturated carbocycles. The first-order chi connectivity index (χ1) is 9.22. The molecule has 19 heavy (non-hydrogen) atoms. The van der Waals surface area contributed by atoms with Crippen LogP contribution in [0.3, 0.4) is 0 Å². The number of fused-ring (bicyclic) bond motifs is 1. The summed E-state index contributed by atoms with van der Waals surface area (Å²) in [5, 5.41) is 0.997. The molecule has 0 saturated heterocycles. The minimum absolute atomic E-state index is 0.260. The first kappa shape index (κ1) is 11.3. The third kappa shape index (κ3) is 2.28. The second-order valence-electron chi connectivity index (χ2n) is 4.22.